The summed E-state index contributed by atoms with van der Waals surface area (Å²) >= 11 is 0. The molecule has 0 amide bonds. The summed E-state index contributed by atoms with van der Waals surface area (Å²) in [5.41, 5.74) is 5.06. The first-order valence-corrected chi connectivity index (χ1v) is 9.42. The second kappa shape index (κ2) is 5.98. The predicted molar refractivity (Wildman–Crippen MR) is 116 cm³/mol. The summed E-state index contributed by atoms with van der Waals surface area (Å²) in [4.78, 5) is 0. The molecule has 2 N–H and O–H groups in total. The van der Waals surface area contributed by atoms with Gasteiger partial charge in [-0.2, -0.15) is 0 Å². The third-order valence-electron chi connectivity index (χ3n) is 5.51. The monoisotopic (exact) mass is 378 g/mol. The van der Waals surface area contributed by atoms with Crippen molar-refractivity contribution in [1.82, 2.24) is 0 Å². The largest absolute Gasteiger partial charge is 0.492 e. The van der Waals surface area contributed by atoms with Gasteiger partial charge in [0.1, 0.15) is 22.3 Å². The van der Waals surface area contributed by atoms with Crippen LogP contribution in [0.25, 0.3) is 55.0 Å². The van der Waals surface area contributed by atoms with Crippen LogP contribution in [0, 0.1) is 0 Å². The zero-order chi connectivity index (χ0) is 19.5. The Bertz CT molecular complexity index is 1530. The third-order valence-corrected chi connectivity index (χ3v) is 5.51. The SMILES string of the molecule is OB(O)c1ccc(-c2ccccc2)c2c1oc1cc3oc4ccccc4c3cc12. The summed E-state index contributed by atoms with van der Waals surface area (Å²) in [5, 5.41) is 23.6. The van der Waals surface area contributed by atoms with Gasteiger partial charge in [-0.05, 0) is 23.3 Å². The van der Waals surface area contributed by atoms with Crippen molar-refractivity contribution in [1.29, 1.82) is 0 Å². The molecule has 0 saturated carbocycles. The highest BCUT2D eigenvalue weighted by atomic mass is 16.4. The summed E-state index contributed by atoms with van der Waals surface area (Å²) < 4.78 is 12.1. The molecule has 0 atom stereocenters. The Morgan fingerprint density at radius 2 is 1.38 bits per heavy atom. The molecule has 0 bridgehead atoms. The normalized spacial score (nSPS) is 11.8. The van der Waals surface area contributed by atoms with E-state index in [1.165, 1.54) is 0 Å². The Morgan fingerprint density at radius 1 is 0.621 bits per heavy atom. The van der Waals surface area contributed by atoms with Crippen LogP contribution >= 0.6 is 0 Å². The van der Waals surface area contributed by atoms with Gasteiger partial charge in [-0.1, -0.05) is 60.7 Å². The molecular weight excluding hydrogens is 363 g/mol. The van der Waals surface area contributed by atoms with Gasteiger partial charge in [0.25, 0.3) is 0 Å². The molecule has 0 aliphatic heterocycles. The van der Waals surface area contributed by atoms with Crippen molar-refractivity contribution in [3.05, 3.63) is 78.9 Å². The molecule has 138 valence electrons. The van der Waals surface area contributed by atoms with Crippen LogP contribution in [-0.4, -0.2) is 17.2 Å². The number of hydrogen-bond donors (Lipinski definition) is 2. The van der Waals surface area contributed by atoms with Crippen molar-refractivity contribution in [3.63, 3.8) is 0 Å². The van der Waals surface area contributed by atoms with Crippen molar-refractivity contribution in [2.45, 2.75) is 0 Å². The molecule has 2 heterocycles. The minimum absolute atomic E-state index is 0.345. The molecule has 2 aromatic heterocycles. The topological polar surface area (TPSA) is 66.7 Å². The van der Waals surface area contributed by atoms with Crippen LogP contribution in [0.4, 0.5) is 0 Å². The van der Waals surface area contributed by atoms with Gasteiger partial charge in [-0.25, -0.2) is 0 Å². The molecule has 0 unspecified atom stereocenters. The Morgan fingerprint density at radius 3 is 2.21 bits per heavy atom. The van der Waals surface area contributed by atoms with E-state index >= 15 is 0 Å². The fourth-order valence-corrected chi connectivity index (χ4v) is 4.18. The number of rotatable bonds is 2. The molecule has 5 heteroatoms. The van der Waals surface area contributed by atoms with Gasteiger partial charge in [0.05, 0.1) is 0 Å². The van der Waals surface area contributed by atoms with Gasteiger partial charge < -0.3 is 18.9 Å². The molecule has 0 aliphatic rings. The number of fused-ring (bicyclic) bond motifs is 6. The van der Waals surface area contributed by atoms with E-state index in [1.807, 2.05) is 66.7 Å². The van der Waals surface area contributed by atoms with Crippen molar-refractivity contribution >= 4 is 56.5 Å². The van der Waals surface area contributed by atoms with Crippen molar-refractivity contribution in [2.24, 2.45) is 0 Å². The van der Waals surface area contributed by atoms with Gasteiger partial charge in [0.2, 0.25) is 0 Å². The number of para-hydroxylation sites is 1. The fraction of sp³-hybridized carbons (Fsp3) is 0. The molecule has 0 spiro atoms. The maximum absolute atomic E-state index is 9.88. The van der Waals surface area contributed by atoms with Crippen molar-refractivity contribution < 1.29 is 18.9 Å². The molecule has 0 fully saturated rings. The maximum atomic E-state index is 9.88. The van der Waals surface area contributed by atoms with Crippen LogP contribution in [-0.2, 0) is 0 Å². The van der Waals surface area contributed by atoms with E-state index in [9.17, 15) is 10.0 Å². The average molecular weight is 378 g/mol. The lowest BCUT2D eigenvalue weighted by Crippen LogP contribution is -2.30. The minimum atomic E-state index is -1.62. The van der Waals surface area contributed by atoms with Gasteiger partial charge in [-0.15, -0.1) is 0 Å². The van der Waals surface area contributed by atoms with Crippen molar-refractivity contribution in [2.75, 3.05) is 0 Å². The highest BCUT2D eigenvalue weighted by Gasteiger charge is 2.23. The summed E-state index contributed by atoms with van der Waals surface area (Å²) in [6.45, 7) is 0. The fourth-order valence-electron chi connectivity index (χ4n) is 4.18. The summed E-state index contributed by atoms with van der Waals surface area (Å²) in [7, 11) is -1.62. The second-order valence-corrected chi connectivity index (χ2v) is 7.19. The molecule has 6 aromatic rings. The zero-order valence-corrected chi connectivity index (χ0v) is 15.3. The van der Waals surface area contributed by atoms with Crippen molar-refractivity contribution in [3.8, 4) is 11.1 Å². The molecule has 29 heavy (non-hydrogen) atoms. The van der Waals surface area contributed by atoms with Gasteiger partial charge in [-0.3, -0.25) is 0 Å². The van der Waals surface area contributed by atoms with Gasteiger partial charge in [0, 0.05) is 33.1 Å². The van der Waals surface area contributed by atoms with E-state index < -0.39 is 7.12 Å². The molecular formula is C24H15BO4. The van der Waals surface area contributed by atoms with Crippen LogP contribution in [0.1, 0.15) is 0 Å². The smallest absolute Gasteiger partial charge is 0.456 e. The van der Waals surface area contributed by atoms with Crippen LogP contribution in [0.5, 0.6) is 0 Å². The van der Waals surface area contributed by atoms with Gasteiger partial charge >= 0.3 is 7.12 Å². The minimum Gasteiger partial charge on any atom is -0.456 e. The summed E-state index contributed by atoms with van der Waals surface area (Å²) in [6, 6.07) is 25.5. The Hall–Kier alpha value is -3.54. The zero-order valence-electron chi connectivity index (χ0n) is 15.3. The Balaban J connectivity index is 1.80. The number of benzene rings is 4. The predicted octanol–water partition coefficient (Wildman–Crippen LogP) is 4.83. The second-order valence-electron chi connectivity index (χ2n) is 7.19. The van der Waals surface area contributed by atoms with Crippen LogP contribution < -0.4 is 5.46 Å². The van der Waals surface area contributed by atoms with Crippen LogP contribution in [0.2, 0.25) is 0 Å². The first kappa shape index (κ1) is 16.4. The van der Waals surface area contributed by atoms with Crippen LogP contribution in [0.15, 0.2) is 87.7 Å². The van der Waals surface area contributed by atoms with Gasteiger partial charge in [0.15, 0.2) is 0 Å². The lowest BCUT2D eigenvalue weighted by molar-refractivity contribution is 0.425. The first-order chi connectivity index (χ1) is 14.2. The third kappa shape index (κ3) is 2.35. The summed E-state index contributed by atoms with van der Waals surface area (Å²) in [6.07, 6.45) is 0. The quantitative estimate of drug-likeness (QED) is 0.424. The number of hydrogen-bond acceptors (Lipinski definition) is 4. The summed E-state index contributed by atoms with van der Waals surface area (Å²) in [5.74, 6) is 0. The van der Waals surface area contributed by atoms with E-state index in [0.717, 1.165) is 43.8 Å². The lowest BCUT2D eigenvalue weighted by Gasteiger charge is -2.07. The highest BCUT2D eigenvalue weighted by Crippen LogP contribution is 2.39. The van der Waals surface area contributed by atoms with E-state index in [1.54, 1.807) is 6.07 Å². The van der Waals surface area contributed by atoms with Crippen LogP contribution in [0.3, 0.4) is 0 Å². The molecule has 0 aliphatic carbocycles. The molecule has 0 radical (unpaired) electrons. The Labute approximate surface area is 165 Å². The lowest BCUT2D eigenvalue weighted by atomic mass is 9.78. The Kier molecular flexibility index (Phi) is 3.39. The van der Waals surface area contributed by atoms with E-state index in [4.69, 9.17) is 8.83 Å². The number of furan rings is 2. The molecule has 0 saturated heterocycles. The molecule has 6 rings (SSSR count). The van der Waals surface area contributed by atoms with E-state index in [0.29, 0.717) is 16.6 Å². The van der Waals surface area contributed by atoms with E-state index in [-0.39, 0.29) is 0 Å². The molecule has 4 nitrogen and oxygen atoms in total. The standard InChI is InChI=1S/C24H15BO4/c26-25(27)19-11-10-15(14-6-2-1-3-7-14)23-18-12-17-16-8-4-5-9-20(16)28-21(17)13-22(18)29-24(19)23/h1-13,26-27H. The first-order valence-electron chi connectivity index (χ1n) is 9.42. The maximum Gasteiger partial charge on any atom is 0.492 e. The van der Waals surface area contributed by atoms with E-state index in [2.05, 4.69) is 6.07 Å². The molecule has 4 aromatic carbocycles. The highest BCUT2D eigenvalue weighted by molar-refractivity contribution is 6.62. The average Bonchev–Trinajstić information content (AvgIpc) is 3.29.